The first-order valence-corrected chi connectivity index (χ1v) is 8.49. The summed E-state index contributed by atoms with van der Waals surface area (Å²) < 4.78 is 5.15. The van der Waals surface area contributed by atoms with Gasteiger partial charge in [0.2, 0.25) is 0 Å². The van der Waals surface area contributed by atoms with Gasteiger partial charge in [0, 0.05) is 39.3 Å². The predicted molar refractivity (Wildman–Crippen MR) is 97.3 cm³/mol. The molecule has 1 aromatic carbocycles. The van der Waals surface area contributed by atoms with Crippen molar-refractivity contribution in [2.45, 2.75) is 32.4 Å². The van der Waals surface area contributed by atoms with Gasteiger partial charge in [0.15, 0.2) is 0 Å². The minimum Gasteiger partial charge on any atom is -0.497 e. The van der Waals surface area contributed by atoms with E-state index in [-0.39, 0.29) is 12.1 Å². The Bertz CT molecular complexity index is 548. The Morgan fingerprint density at radius 2 is 1.96 bits per heavy atom. The summed E-state index contributed by atoms with van der Waals surface area (Å²) in [4.78, 5) is 16.5. The number of carbonyl (C=O) groups excluding carboxylic acids is 1. The van der Waals surface area contributed by atoms with Gasteiger partial charge < -0.3 is 15.0 Å². The molecule has 132 valence electrons. The lowest BCUT2D eigenvalue weighted by molar-refractivity contribution is 0.182. The van der Waals surface area contributed by atoms with Crippen LogP contribution in [0.15, 0.2) is 36.4 Å². The van der Waals surface area contributed by atoms with E-state index in [0.717, 1.165) is 43.8 Å². The zero-order chi connectivity index (χ0) is 17.5. The second kappa shape index (κ2) is 8.73. The molecule has 1 aromatic rings. The lowest BCUT2D eigenvalue weighted by Crippen LogP contribution is -2.48. The Balaban J connectivity index is 1.76. The molecule has 0 aromatic heterocycles. The highest BCUT2D eigenvalue weighted by Crippen LogP contribution is 2.14. The van der Waals surface area contributed by atoms with E-state index < -0.39 is 0 Å². The maximum atomic E-state index is 12.4. The van der Waals surface area contributed by atoms with Crippen molar-refractivity contribution in [2.75, 3.05) is 33.8 Å². The number of nitrogens with one attached hydrogen (secondary N) is 1. The Hall–Kier alpha value is -2.01. The average Bonchev–Trinajstić information content (AvgIpc) is 2.56. The van der Waals surface area contributed by atoms with E-state index >= 15 is 0 Å². The first-order valence-electron chi connectivity index (χ1n) is 8.49. The van der Waals surface area contributed by atoms with Crippen molar-refractivity contribution < 1.29 is 9.53 Å². The van der Waals surface area contributed by atoms with Crippen molar-refractivity contribution in [1.82, 2.24) is 15.1 Å². The lowest BCUT2D eigenvalue weighted by Gasteiger charge is -2.33. The van der Waals surface area contributed by atoms with Crippen molar-refractivity contribution in [2.24, 2.45) is 0 Å². The summed E-state index contributed by atoms with van der Waals surface area (Å²) in [6.07, 6.45) is 1.99. The van der Waals surface area contributed by atoms with Gasteiger partial charge in [0.25, 0.3) is 0 Å². The molecule has 1 fully saturated rings. The van der Waals surface area contributed by atoms with E-state index in [1.54, 1.807) is 12.0 Å². The first kappa shape index (κ1) is 18.3. The van der Waals surface area contributed by atoms with Gasteiger partial charge in [-0.1, -0.05) is 24.3 Å². The van der Waals surface area contributed by atoms with Crippen LogP contribution in [-0.4, -0.2) is 55.7 Å². The third kappa shape index (κ3) is 5.57. The summed E-state index contributed by atoms with van der Waals surface area (Å²) in [5, 5.41) is 3.15. The number of urea groups is 1. The number of nitrogens with zero attached hydrogens (tertiary/aromatic N) is 2. The number of likely N-dealkylation sites (tertiary alicyclic amines) is 1. The van der Waals surface area contributed by atoms with Crippen LogP contribution >= 0.6 is 0 Å². The summed E-state index contributed by atoms with van der Waals surface area (Å²) in [6.45, 7) is 9.59. The Labute approximate surface area is 145 Å². The van der Waals surface area contributed by atoms with Crippen molar-refractivity contribution in [3.05, 3.63) is 42.0 Å². The van der Waals surface area contributed by atoms with Gasteiger partial charge in [-0.3, -0.25) is 4.90 Å². The molecule has 0 spiro atoms. The number of benzene rings is 1. The molecule has 1 aliphatic heterocycles. The molecule has 0 bridgehead atoms. The minimum absolute atomic E-state index is 0.0100. The van der Waals surface area contributed by atoms with Gasteiger partial charge in [-0.05, 0) is 37.5 Å². The van der Waals surface area contributed by atoms with Gasteiger partial charge in [-0.15, -0.1) is 0 Å². The molecule has 1 saturated heterocycles. The van der Waals surface area contributed by atoms with Crippen LogP contribution in [0, 0.1) is 0 Å². The number of amides is 2. The van der Waals surface area contributed by atoms with E-state index in [4.69, 9.17) is 4.74 Å². The molecule has 2 rings (SSSR count). The van der Waals surface area contributed by atoms with Gasteiger partial charge in [-0.25, -0.2) is 4.79 Å². The molecule has 5 nitrogen and oxygen atoms in total. The van der Waals surface area contributed by atoms with Crippen molar-refractivity contribution in [3.8, 4) is 5.75 Å². The molecule has 0 unspecified atom stereocenters. The molecule has 24 heavy (non-hydrogen) atoms. The highest BCUT2D eigenvalue weighted by atomic mass is 16.5. The van der Waals surface area contributed by atoms with Crippen LogP contribution in [0.4, 0.5) is 4.79 Å². The largest absolute Gasteiger partial charge is 0.497 e. The maximum absolute atomic E-state index is 12.4. The molecule has 1 N–H and O–H groups in total. The number of methoxy groups -OCH3 is 1. The Kier molecular flexibility index (Phi) is 6.67. The Morgan fingerprint density at radius 3 is 2.50 bits per heavy atom. The standard InChI is InChI=1S/C19H29N3O2/c1-15(2)13-22-11-9-17(10-12-22)20-19(23)21(3)14-16-5-7-18(24-4)8-6-16/h5-8,17H,1,9-14H2,2-4H3,(H,20,23). The van der Waals surface area contributed by atoms with Gasteiger partial charge in [0.05, 0.1) is 7.11 Å². The average molecular weight is 331 g/mol. The van der Waals surface area contributed by atoms with Crippen LogP contribution < -0.4 is 10.1 Å². The van der Waals surface area contributed by atoms with Crippen LogP contribution in [0.2, 0.25) is 0 Å². The third-order valence-electron chi connectivity index (χ3n) is 4.33. The number of carbonyl (C=O) groups is 1. The summed E-state index contributed by atoms with van der Waals surface area (Å²) >= 11 is 0. The maximum Gasteiger partial charge on any atom is 0.317 e. The SMILES string of the molecule is C=C(C)CN1CCC(NC(=O)N(C)Cc2ccc(OC)cc2)CC1. The molecule has 0 atom stereocenters. The van der Waals surface area contributed by atoms with E-state index in [0.29, 0.717) is 6.54 Å². The quantitative estimate of drug-likeness (QED) is 0.815. The van der Waals surface area contributed by atoms with Gasteiger partial charge in [0.1, 0.15) is 5.75 Å². The highest BCUT2D eigenvalue weighted by Gasteiger charge is 2.21. The van der Waals surface area contributed by atoms with Crippen molar-refractivity contribution in [1.29, 1.82) is 0 Å². The van der Waals surface area contributed by atoms with Crippen LogP contribution in [0.3, 0.4) is 0 Å². The summed E-state index contributed by atoms with van der Waals surface area (Å²) in [7, 11) is 3.48. The number of rotatable bonds is 6. The van der Waals surface area contributed by atoms with Crippen LogP contribution in [0.5, 0.6) is 5.75 Å². The van der Waals surface area contributed by atoms with Crippen molar-refractivity contribution >= 4 is 6.03 Å². The molecular weight excluding hydrogens is 302 g/mol. The van der Waals surface area contributed by atoms with Gasteiger partial charge >= 0.3 is 6.03 Å². The summed E-state index contributed by atoms with van der Waals surface area (Å²) in [5.41, 5.74) is 2.28. The number of ether oxygens (including phenoxy) is 1. The first-order chi connectivity index (χ1) is 11.5. The molecule has 1 aliphatic rings. The second-order valence-electron chi connectivity index (χ2n) is 6.66. The van der Waals surface area contributed by atoms with Gasteiger partial charge in [-0.2, -0.15) is 0 Å². The topological polar surface area (TPSA) is 44.8 Å². The fourth-order valence-electron chi connectivity index (χ4n) is 2.98. The molecule has 0 radical (unpaired) electrons. The molecule has 5 heteroatoms. The molecular formula is C19H29N3O2. The van der Waals surface area contributed by atoms with Crippen molar-refractivity contribution in [3.63, 3.8) is 0 Å². The lowest BCUT2D eigenvalue weighted by atomic mass is 10.0. The summed E-state index contributed by atoms with van der Waals surface area (Å²) in [5.74, 6) is 0.826. The number of piperidine rings is 1. The zero-order valence-electron chi connectivity index (χ0n) is 15.0. The van der Waals surface area contributed by atoms with Crippen LogP contribution in [0.1, 0.15) is 25.3 Å². The number of hydrogen-bond acceptors (Lipinski definition) is 3. The minimum atomic E-state index is -0.0100. The van der Waals surface area contributed by atoms with E-state index in [1.165, 1.54) is 5.57 Å². The summed E-state index contributed by atoms with van der Waals surface area (Å²) in [6, 6.07) is 8.05. The van der Waals surface area contributed by atoms with E-state index in [9.17, 15) is 4.79 Å². The zero-order valence-corrected chi connectivity index (χ0v) is 15.0. The molecule has 2 amide bonds. The molecule has 0 saturated carbocycles. The second-order valence-corrected chi connectivity index (χ2v) is 6.66. The smallest absolute Gasteiger partial charge is 0.317 e. The predicted octanol–water partition coefficient (Wildman–Crippen LogP) is 2.88. The van der Waals surface area contributed by atoms with E-state index in [1.807, 2.05) is 31.3 Å². The van der Waals surface area contributed by atoms with E-state index in [2.05, 4.69) is 23.7 Å². The molecule has 1 heterocycles. The fourth-order valence-corrected chi connectivity index (χ4v) is 2.98. The number of hydrogen-bond donors (Lipinski definition) is 1. The fraction of sp³-hybridized carbons (Fsp3) is 0.526. The highest BCUT2D eigenvalue weighted by molar-refractivity contribution is 5.74. The third-order valence-corrected chi connectivity index (χ3v) is 4.33. The Morgan fingerprint density at radius 1 is 1.33 bits per heavy atom. The van der Waals surface area contributed by atoms with Crippen LogP contribution in [0.25, 0.3) is 0 Å². The normalized spacial score (nSPS) is 15.8. The molecule has 0 aliphatic carbocycles. The monoisotopic (exact) mass is 331 g/mol. The van der Waals surface area contributed by atoms with Crippen LogP contribution in [-0.2, 0) is 6.54 Å².